The zero-order valence-electron chi connectivity index (χ0n) is 12.5. The van der Waals surface area contributed by atoms with Crippen molar-refractivity contribution in [3.05, 3.63) is 65.7 Å². The Morgan fingerprint density at radius 2 is 1.70 bits per heavy atom. The van der Waals surface area contributed by atoms with Gasteiger partial charge in [0.05, 0.1) is 7.11 Å². The lowest BCUT2D eigenvalue weighted by atomic mass is 9.87. The molecule has 0 aliphatic heterocycles. The summed E-state index contributed by atoms with van der Waals surface area (Å²) in [7, 11) is 1.53. The number of rotatable bonds is 2. The fourth-order valence-corrected chi connectivity index (χ4v) is 3.20. The average Bonchev–Trinajstić information content (AvgIpc) is 2.58. The summed E-state index contributed by atoms with van der Waals surface area (Å²) in [5.41, 5.74) is 3.40. The highest BCUT2D eigenvalue weighted by Gasteiger charge is 2.23. The van der Waals surface area contributed by atoms with E-state index in [1.807, 2.05) is 48.5 Å². The van der Waals surface area contributed by atoms with Gasteiger partial charge in [0.2, 0.25) is 0 Å². The van der Waals surface area contributed by atoms with Gasteiger partial charge in [-0.05, 0) is 28.8 Å². The molecule has 0 saturated carbocycles. The fraction of sp³-hybridized carbons (Fsp3) is 0.0500. The maximum Gasteiger partial charge on any atom is 0.186 e. The van der Waals surface area contributed by atoms with Crippen molar-refractivity contribution in [2.45, 2.75) is 0 Å². The van der Waals surface area contributed by atoms with Crippen LogP contribution < -0.4 is 4.74 Å². The van der Waals surface area contributed by atoms with Crippen LogP contribution in [0.1, 0.15) is 15.9 Å². The minimum Gasteiger partial charge on any atom is -0.504 e. The third-order valence-electron chi connectivity index (χ3n) is 4.22. The van der Waals surface area contributed by atoms with Gasteiger partial charge in [0.15, 0.2) is 17.3 Å². The lowest BCUT2D eigenvalue weighted by Gasteiger charge is -2.19. The Kier molecular flexibility index (Phi) is 2.95. The van der Waals surface area contributed by atoms with Crippen LogP contribution >= 0.6 is 0 Å². The van der Waals surface area contributed by atoms with E-state index in [2.05, 4.69) is 0 Å². The van der Waals surface area contributed by atoms with E-state index in [9.17, 15) is 9.90 Å². The molecule has 23 heavy (non-hydrogen) atoms. The van der Waals surface area contributed by atoms with Crippen LogP contribution in [-0.2, 0) is 0 Å². The second-order valence-corrected chi connectivity index (χ2v) is 5.49. The Balaban J connectivity index is 2.21. The van der Waals surface area contributed by atoms with Gasteiger partial charge in [-0.3, -0.25) is 4.79 Å². The van der Waals surface area contributed by atoms with Gasteiger partial charge >= 0.3 is 0 Å². The van der Waals surface area contributed by atoms with Crippen LogP contribution in [0.15, 0.2) is 54.6 Å². The molecule has 112 valence electrons. The highest BCUT2D eigenvalue weighted by atomic mass is 16.5. The lowest BCUT2D eigenvalue weighted by Crippen LogP contribution is -2.03. The SMILES string of the molecule is COc1c(O)cc2c3c(ccc(-c4ccccc4)c13)C=CC2=O. The summed E-state index contributed by atoms with van der Waals surface area (Å²) in [6.45, 7) is 0. The van der Waals surface area contributed by atoms with Gasteiger partial charge in [-0.15, -0.1) is 0 Å². The molecule has 0 fully saturated rings. The number of aromatic hydroxyl groups is 1. The predicted octanol–water partition coefficient (Wildman–Crippen LogP) is 4.43. The molecule has 0 bridgehead atoms. The van der Waals surface area contributed by atoms with Crippen molar-refractivity contribution in [1.29, 1.82) is 0 Å². The standard InChI is InChI=1S/C20H14O3/c1-23-20-17(22)11-15-16(21)10-8-13-7-9-14(19(20)18(13)15)12-5-3-2-4-6-12/h2-11,22H,1H3. The number of allylic oxidation sites excluding steroid dienone is 1. The largest absolute Gasteiger partial charge is 0.504 e. The number of methoxy groups -OCH3 is 1. The number of benzene rings is 3. The number of ketones is 1. The molecule has 0 heterocycles. The van der Waals surface area contributed by atoms with Gasteiger partial charge in [0.1, 0.15) is 0 Å². The molecular formula is C20H14O3. The van der Waals surface area contributed by atoms with Crippen molar-refractivity contribution < 1.29 is 14.6 Å². The molecule has 0 saturated heterocycles. The topological polar surface area (TPSA) is 46.5 Å². The van der Waals surface area contributed by atoms with Crippen LogP contribution in [0, 0.1) is 0 Å². The first-order valence-electron chi connectivity index (χ1n) is 7.35. The van der Waals surface area contributed by atoms with Gasteiger partial charge in [-0.1, -0.05) is 48.5 Å². The molecule has 0 aromatic heterocycles. The van der Waals surface area contributed by atoms with Crippen molar-refractivity contribution in [3.63, 3.8) is 0 Å². The Morgan fingerprint density at radius 1 is 0.913 bits per heavy atom. The maximum atomic E-state index is 12.2. The minimum absolute atomic E-state index is 0.0204. The molecule has 3 nitrogen and oxygen atoms in total. The third kappa shape index (κ3) is 1.94. The van der Waals surface area contributed by atoms with E-state index >= 15 is 0 Å². The third-order valence-corrected chi connectivity index (χ3v) is 4.22. The smallest absolute Gasteiger partial charge is 0.186 e. The number of carbonyl (C=O) groups is 1. The molecule has 4 rings (SSSR count). The van der Waals surface area contributed by atoms with E-state index in [1.165, 1.54) is 19.3 Å². The molecule has 1 aliphatic carbocycles. The average molecular weight is 302 g/mol. The summed E-state index contributed by atoms with van der Waals surface area (Å²) in [5, 5.41) is 11.9. The number of phenols is 1. The molecule has 0 amide bonds. The van der Waals surface area contributed by atoms with Crippen LogP contribution in [0.5, 0.6) is 11.5 Å². The van der Waals surface area contributed by atoms with Crippen LogP contribution in [0.25, 0.3) is 28.0 Å². The second kappa shape index (κ2) is 4.99. The molecule has 0 atom stereocenters. The molecule has 1 aliphatic rings. The van der Waals surface area contributed by atoms with Gasteiger partial charge in [0.25, 0.3) is 0 Å². The van der Waals surface area contributed by atoms with E-state index in [0.29, 0.717) is 11.3 Å². The first-order chi connectivity index (χ1) is 11.2. The number of carbonyl (C=O) groups excluding carboxylic acids is 1. The first-order valence-corrected chi connectivity index (χ1v) is 7.35. The van der Waals surface area contributed by atoms with Crippen molar-refractivity contribution in [3.8, 4) is 22.6 Å². The second-order valence-electron chi connectivity index (χ2n) is 5.49. The van der Waals surface area contributed by atoms with Gasteiger partial charge < -0.3 is 9.84 Å². The molecule has 0 radical (unpaired) electrons. The lowest BCUT2D eigenvalue weighted by molar-refractivity contribution is 0.104. The first kappa shape index (κ1) is 13.6. The molecule has 0 unspecified atom stereocenters. The van der Waals surface area contributed by atoms with Crippen LogP contribution in [0.3, 0.4) is 0 Å². The normalized spacial score (nSPS) is 12.7. The van der Waals surface area contributed by atoms with E-state index < -0.39 is 0 Å². The van der Waals surface area contributed by atoms with Crippen LogP contribution in [-0.4, -0.2) is 18.0 Å². The van der Waals surface area contributed by atoms with Crippen molar-refractivity contribution >= 4 is 22.6 Å². The summed E-state index contributed by atoms with van der Waals surface area (Å²) in [6.07, 6.45) is 3.34. The monoisotopic (exact) mass is 302 g/mol. The van der Waals surface area contributed by atoms with E-state index in [0.717, 1.165) is 27.5 Å². The van der Waals surface area contributed by atoms with Crippen molar-refractivity contribution in [1.82, 2.24) is 0 Å². The molecule has 3 heteroatoms. The van der Waals surface area contributed by atoms with E-state index in [4.69, 9.17) is 4.74 Å². The fourth-order valence-electron chi connectivity index (χ4n) is 3.20. The van der Waals surface area contributed by atoms with Crippen molar-refractivity contribution in [2.75, 3.05) is 7.11 Å². The van der Waals surface area contributed by atoms with E-state index in [-0.39, 0.29) is 11.5 Å². The predicted molar refractivity (Wildman–Crippen MR) is 91.0 cm³/mol. The quantitative estimate of drug-likeness (QED) is 0.761. The highest BCUT2D eigenvalue weighted by Crippen LogP contribution is 2.45. The van der Waals surface area contributed by atoms with E-state index in [1.54, 1.807) is 0 Å². The van der Waals surface area contributed by atoms with Gasteiger partial charge in [-0.25, -0.2) is 0 Å². The number of ether oxygens (including phenoxy) is 1. The van der Waals surface area contributed by atoms with Crippen molar-refractivity contribution in [2.24, 2.45) is 0 Å². The Morgan fingerprint density at radius 3 is 2.43 bits per heavy atom. The van der Waals surface area contributed by atoms with Gasteiger partial charge in [0, 0.05) is 16.3 Å². The Labute approximate surface area is 133 Å². The molecule has 3 aromatic rings. The Bertz CT molecular complexity index is 969. The number of hydrogen-bond acceptors (Lipinski definition) is 3. The summed E-state index contributed by atoms with van der Waals surface area (Å²) in [6, 6.07) is 15.4. The zero-order chi connectivity index (χ0) is 16.0. The highest BCUT2D eigenvalue weighted by molar-refractivity contribution is 6.23. The summed E-state index contributed by atoms with van der Waals surface area (Å²) < 4.78 is 5.45. The zero-order valence-corrected chi connectivity index (χ0v) is 12.5. The van der Waals surface area contributed by atoms with Gasteiger partial charge in [-0.2, -0.15) is 0 Å². The number of hydrogen-bond donors (Lipinski definition) is 1. The maximum absolute atomic E-state index is 12.2. The molecule has 0 spiro atoms. The summed E-state index contributed by atoms with van der Waals surface area (Å²) in [4.78, 5) is 12.2. The molecule has 3 aromatic carbocycles. The van der Waals surface area contributed by atoms with Crippen LogP contribution in [0.2, 0.25) is 0 Å². The summed E-state index contributed by atoms with van der Waals surface area (Å²) in [5.74, 6) is 0.270. The molecule has 1 N–H and O–H groups in total. The number of phenolic OH excluding ortho intramolecular Hbond substituents is 1. The Hall–Kier alpha value is -3.07. The van der Waals surface area contributed by atoms with Crippen LogP contribution in [0.4, 0.5) is 0 Å². The molecular weight excluding hydrogens is 288 g/mol. The summed E-state index contributed by atoms with van der Waals surface area (Å²) >= 11 is 0. The minimum atomic E-state index is -0.106.